The number of benzene rings is 1. The van der Waals surface area contributed by atoms with Crippen LogP contribution in [0.15, 0.2) is 23.1 Å². The van der Waals surface area contributed by atoms with Crippen LogP contribution >= 0.6 is 11.6 Å². The van der Waals surface area contributed by atoms with Crippen molar-refractivity contribution in [1.29, 1.82) is 0 Å². The summed E-state index contributed by atoms with van der Waals surface area (Å²) in [6, 6.07) is 2.47. The molecule has 2 heterocycles. The van der Waals surface area contributed by atoms with Crippen molar-refractivity contribution in [3.8, 4) is 11.3 Å². The van der Waals surface area contributed by atoms with Crippen molar-refractivity contribution < 1.29 is 13.2 Å². The van der Waals surface area contributed by atoms with E-state index in [4.69, 9.17) is 11.6 Å². The predicted molar refractivity (Wildman–Crippen MR) is 69.9 cm³/mol. The van der Waals surface area contributed by atoms with Gasteiger partial charge in [-0.05, 0) is 12.1 Å². The van der Waals surface area contributed by atoms with Gasteiger partial charge in [-0.3, -0.25) is 0 Å². The summed E-state index contributed by atoms with van der Waals surface area (Å²) in [5, 5.41) is -0.446. The Labute approximate surface area is 119 Å². The normalized spacial score (nSPS) is 11.5. The van der Waals surface area contributed by atoms with Crippen molar-refractivity contribution in [2.75, 3.05) is 0 Å². The maximum absolute atomic E-state index is 13.6. The van der Waals surface area contributed by atoms with Gasteiger partial charge in [-0.15, -0.1) is 0 Å². The van der Waals surface area contributed by atoms with Crippen LogP contribution in [-0.4, -0.2) is 19.9 Å². The predicted octanol–water partition coefficient (Wildman–Crippen LogP) is 3.04. The molecule has 0 aliphatic heterocycles. The average molecular weight is 315 g/mol. The minimum atomic E-state index is -2.85. The number of fused-ring (bicyclic) bond motifs is 1. The van der Waals surface area contributed by atoms with Gasteiger partial charge in [0.15, 0.2) is 5.15 Å². The van der Waals surface area contributed by atoms with Crippen LogP contribution < -0.4 is 5.69 Å². The number of nitrogens with zero attached hydrogens (tertiary/aromatic N) is 2. The molecule has 0 radical (unpaired) electrons. The quantitative estimate of drug-likeness (QED) is 0.763. The van der Waals surface area contributed by atoms with E-state index >= 15 is 0 Å². The van der Waals surface area contributed by atoms with E-state index in [2.05, 4.69) is 19.9 Å². The highest BCUT2D eigenvalue weighted by Gasteiger charge is 2.18. The second kappa shape index (κ2) is 4.88. The molecule has 5 nitrogen and oxygen atoms in total. The second-order valence-corrected chi connectivity index (χ2v) is 4.51. The Balaban J connectivity index is 2.23. The van der Waals surface area contributed by atoms with Gasteiger partial charge in [0.05, 0.1) is 17.4 Å². The number of H-pyrrole nitrogens is 2. The van der Waals surface area contributed by atoms with Crippen molar-refractivity contribution in [2.45, 2.75) is 6.43 Å². The average Bonchev–Trinajstić information content (AvgIpc) is 2.81. The first-order chi connectivity index (χ1) is 9.97. The largest absolute Gasteiger partial charge is 0.323 e. The fourth-order valence-electron chi connectivity index (χ4n) is 1.95. The standard InChI is InChI=1S/C12H6ClF3N4O/c13-10-9(11(15)16)17-3-6(18-10)4-1-2-5(14)8-7(4)19-12(21)20-8/h1-3,11H,(H2,19,20,21). The van der Waals surface area contributed by atoms with Gasteiger partial charge < -0.3 is 9.97 Å². The monoisotopic (exact) mass is 314 g/mol. The number of aromatic nitrogens is 4. The van der Waals surface area contributed by atoms with Crippen LogP contribution in [0.4, 0.5) is 13.2 Å². The number of nitrogens with one attached hydrogen (secondary N) is 2. The molecule has 1 aromatic carbocycles. The number of alkyl halides is 2. The third-order valence-corrected chi connectivity index (χ3v) is 3.15. The maximum atomic E-state index is 13.6. The van der Waals surface area contributed by atoms with Crippen LogP contribution in [0.5, 0.6) is 0 Å². The Morgan fingerprint density at radius 2 is 1.90 bits per heavy atom. The molecule has 0 saturated carbocycles. The summed E-state index contributed by atoms with van der Waals surface area (Å²) < 4.78 is 38.8. The van der Waals surface area contributed by atoms with Crippen LogP contribution in [-0.2, 0) is 0 Å². The molecule has 3 aromatic rings. The second-order valence-electron chi connectivity index (χ2n) is 4.16. The van der Waals surface area contributed by atoms with E-state index in [1.165, 1.54) is 6.07 Å². The highest BCUT2D eigenvalue weighted by atomic mass is 35.5. The van der Waals surface area contributed by atoms with E-state index < -0.39 is 28.8 Å². The Kier molecular flexibility index (Phi) is 3.17. The van der Waals surface area contributed by atoms with Crippen LogP contribution in [0.1, 0.15) is 12.1 Å². The summed E-state index contributed by atoms with van der Waals surface area (Å²) in [6.07, 6.45) is -1.76. The van der Waals surface area contributed by atoms with Gasteiger partial charge in [-0.25, -0.2) is 27.9 Å². The van der Waals surface area contributed by atoms with Crippen LogP contribution in [0.25, 0.3) is 22.3 Å². The molecule has 108 valence electrons. The van der Waals surface area contributed by atoms with E-state index in [0.29, 0.717) is 5.56 Å². The number of aromatic amines is 2. The summed E-state index contributed by atoms with van der Waals surface area (Å²) in [5.74, 6) is -0.629. The molecule has 0 aliphatic carbocycles. The number of imidazole rings is 1. The van der Waals surface area contributed by atoms with E-state index in [1.54, 1.807) is 0 Å². The molecule has 0 aliphatic rings. The number of hydrogen-bond acceptors (Lipinski definition) is 3. The van der Waals surface area contributed by atoms with E-state index in [-0.39, 0.29) is 16.7 Å². The Hall–Kier alpha value is -2.35. The van der Waals surface area contributed by atoms with Gasteiger partial charge in [0.2, 0.25) is 0 Å². The lowest BCUT2D eigenvalue weighted by molar-refractivity contribution is 0.146. The lowest BCUT2D eigenvalue weighted by Crippen LogP contribution is -2.00. The molecule has 0 fully saturated rings. The van der Waals surface area contributed by atoms with E-state index in [1.807, 2.05) is 0 Å². The van der Waals surface area contributed by atoms with Gasteiger partial charge in [0.1, 0.15) is 17.0 Å². The maximum Gasteiger partial charge on any atom is 0.323 e. The number of halogens is 4. The third-order valence-electron chi connectivity index (χ3n) is 2.87. The van der Waals surface area contributed by atoms with Crippen molar-refractivity contribution in [1.82, 2.24) is 19.9 Å². The number of rotatable bonds is 2. The lowest BCUT2D eigenvalue weighted by Gasteiger charge is -2.06. The highest BCUT2D eigenvalue weighted by molar-refractivity contribution is 6.30. The zero-order chi connectivity index (χ0) is 15.1. The van der Waals surface area contributed by atoms with Crippen molar-refractivity contribution in [3.05, 3.63) is 45.5 Å². The van der Waals surface area contributed by atoms with Crippen LogP contribution in [0, 0.1) is 5.82 Å². The summed E-state index contributed by atoms with van der Waals surface area (Å²) in [6.45, 7) is 0. The van der Waals surface area contributed by atoms with E-state index in [0.717, 1.165) is 12.3 Å². The molecule has 0 bridgehead atoms. The Morgan fingerprint density at radius 1 is 1.19 bits per heavy atom. The fraction of sp³-hybridized carbons (Fsp3) is 0.0833. The molecule has 0 spiro atoms. The molecule has 0 unspecified atom stereocenters. The smallest absolute Gasteiger partial charge is 0.305 e. The molecule has 0 amide bonds. The topological polar surface area (TPSA) is 74.4 Å². The van der Waals surface area contributed by atoms with E-state index in [9.17, 15) is 18.0 Å². The van der Waals surface area contributed by atoms with Crippen molar-refractivity contribution in [2.24, 2.45) is 0 Å². The molecule has 2 N–H and O–H groups in total. The SMILES string of the molecule is O=c1[nH]c2c(F)ccc(-c3cnc(C(F)F)c(Cl)n3)c2[nH]1. The molecular weight excluding hydrogens is 309 g/mol. The first-order valence-corrected chi connectivity index (χ1v) is 6.06. The molecule has 2 aromatic heterocycles. The highest BCUT2D eigenvalue weighted by Crippen LogP contribution is 2.29. The lowest BCUT2D eigenvalue weighted by atomic mass is 10.1. The van der Waals surface area contributed by atoms with Crippen LogP contribution in [0.2, 0.25) is 5.15 Å². The first kappa shape index (κ1) is 13.6. The summed E-state index contributed by atoms with van der Waals surface area (Å²) in [5.41, 5.74) is -0.644. The first-order valence-electron chi connectivity index (χ1n) is 5.69. The Morgan fingerprint density at radius 3 is 2.57 bits per heavy atom. The Bertz CT molecular complexity index is 890. The van der Waals surface area contributed by atoms with Gasteiger partial charge in [0, 0.05) is 5.56 Å². The summed E-state index contributed by atoms with van der Waals surface area (Å²) in [7, 11) is 0. The molecule has 3 rings (SSSR count). The van der Waals surface area contributed by atoms with Gasteiger partial charge >= 0.3 is 5.69 Å². The van der Waals surface area contributed by atoms with Crippen molar-refractivity contribution in [3.63, 3.8) is 0 Å². The molecule has 0 saturated heterocycles. The third kappa shape index (κ3) is 2.27. The van der Waals surface area contributed by atoms with Gasteiger partial charge in [-0.2, -0.15) is 0 Å². The zero-order valence-corrected chi connectivity index (χ0v) is 10.9. The number of hydrogen-bond donors (Lipinski definition) is 2. The zero-order valence-electron chi connectivity index (χ0n) is 10.1. The molecule has 21 heavy (non-hydrogen) atoms. The summed E-state index contributed by atoms with van der Waals surface area (Å²) in [4.78, 5) is 23.4. The fourth-order valence-corrected chi connectivity index (χ4v) is 2.18. The summed E-state index contributed by atoms with van der Waals surface area (Å²) >= 11 is 5.65. The minimum Gasteiger partial charge on any atom is -0.305 e. The molecular formula is C12H6ClF3N4O. The molecule has 9 heteroatoms. The van der Waals surface area contributed by atoms with Crippen LogP contribution in [0.3, 0.4) is 0 Å². The molecule has 0 atom stereocenters. The minimum absolute atomic E-state index is 0.0339. The van der Waals surface area contributed by atoms with Gasteiger partial charge in [0.25, 0.3) is 6.43 Å². The van der Waals surface area contributed by atoms with Crippen molar-refractivity contribution >= 4 is 22.6 Å². The van der Waals surface area contributed by atoms with Gasteiger partial charge in [-0.1, -0.05) is 11.6 Å².